The third kappa shape index (κ3) is 4.60. The summed E-state index contributed by atoms with van der Waals surface area (Å²) in [6.07, 6.45) is 0. The first kappa shape index (κ1) is 17.6. The lowest BCUT2D eigenvalue weighted by Gasteiger charge is -2.22. The maximum atomic E-state index is 13.1. The van der Waals surface area contributed by atoms with Gasteiger partial charge in [0.2, 0.25) is 0 Å². The van der Waals surface area contributed by atoms with Gasteiger partial charge in [-0.15, -0.1) is 0 Å². The molecule has 5 heteroatoms. The van der Waals surface area contributed by atoms with E-state index in [0.717, 1.165) is 24.2 Å². The molecule has 0 N–H and O–H groups in total. The lowest BCUT2D eigenvalue weighted by Crippen LogP contribution is -2.22. The van der Waals surface area contributed by atoms with E-state index in [4.69, 9.17) is 21.1 Å². The Labute approximate surface area is 141 Å². The topological polar surface area (TPSA) is 21.7 Å². The Balaban J connectivity index is 2.13. The number of hydrogen-bond acceptors (Lipinski definition) is 3. The molecule has 0 bridgehead atoms. The maximum Gasteiger partial charge on any atom is 0.161 e. The minimum absolute atomic E-state index is 0.318. The third-order valence-electron chi connectivity index (χ3n) is 3.71. The molecule has 0 aliphatic carbocycles. The van der Waals surface area contributed by atoms with Gasteiger partial charge in [-0.2, -0.15) is 0 Å². The molecule has 124 valence electrons. The van der Waals surface area contributed by atoms with Crippen molar-refractivity contribution in [1.82, 2.24) is 4.90 Å². The summed E-state index contributed by atoms with van der Waals surface area (Å²) >= 11 is 6.12. The number of nitrogens with zero attached hydrogens (tertiary/aromatic N) is 1. The smallest absolute Gasteiger partial charge is 0.161 e. The number of ether oxygens (including phenoxy) is 2. The zero-order valence-corrected chi connectivity index (χ0v) is 14.4. The fourth-order valence-corrected chi connectivity index (χ4v) is 2.63. The molecule has 0 saturated carbocycles. The molecule has 0 aliphatic rings. The third-order valence-corrected chi connectivity index (χ3v) is 4.06. The first-order valence-electron chi connectivity index (χ1n) is 7.44. The standard InChI is InChI=1S/C18H21ClFNO2/c1-4-21(12-14-6-7-15(20)10-16(14)19)11-13-5-8-17(22-2)18(9-13)23-3/h5-10H,4,11-12H2,1-3H3. The van der Waals surface area contributed by atoms with Gasteiger partial charge in [-0.1, -0.05) is 30.7 Å². The van der Waals surface area contributed by atoms with Crippen LogP contribution < -0.4 is 9.47 Å². The summed E-state index contributed by atoms with van der Waals surface area (Å²) in [5.74, 6) is 1.10. The van der Waals surface area contributed by atoms with Crippen LogP contribution in [0.1, 0.15) is 18.1 Å². The Hall–Kier alpha value is -1.78. The van der Waals surface area contributed by atoms with Gasteiger partial charge in [0, 0.05) is 18.1 Å². The molecule has 0 aromatic heterocycles. The normalized spacial score (nSPS) is 10.9. The van der Waals surface area contributed by atoms with E-state index in [9.17, 15) is 4.39 Å². The molecule has 2 aromatic rings. The summed E-state index contributed by atoms with van der Waals surface area (Å²) in [6.45, 7) is 4.33. The van der Waals surface area contributed by atoms with Gasteiger partial charge in [0.1, 0.15) is 5.82 Å². The largest absolute Gasteiger partial charge is 0.493 e. The van der Waals surface area contributed by atoms with Gasteiger partial charge >= 0.3 is 0 Å². The molecule has 0 aliphatic heterocycles. The Morgan fingerprint density at radius 2 is 1.74 bits per heavy atom. The van der Waals surface area contributed by atoms with Gasteiger partial charge in [0.15, 0.2) is 11.5 Å². The molecular formula is C18H21ClFNO2. The number of rotatable bonds is 7. The Morgan fingerprint density at radius 3 is 2.35 bits per heavy atom. The first-order chi connectivity index (χ1) is 11.1. The van der Waals surface area contributed by atoms with Crippen molar-refractivity contribution in [2.24, 2.45) is 0 Å². The average Bonchev–Trinajstić information content (AvgIpc) is 2.56. The zero-order chi connectivity index (χ0) is 16.8. The Bertz CT molecular complexity index is 663. The van der Waals surface area contributed by atoms with Crippen LogP contribution in [0.3, 0.4) is 0 Å². The fourth-order valence-electron chi connectivity index (χ4n) is 2.41. The number of benzene rings is 2. The predicted octanol–water partition coefficient (Wildman–Crippen LogP) is 4.52. The molecule has 2 aromatic carbocycles. The van der Waals surface area contributed by atoms with Gasteiger partial charge in [-0.3, -0.25) is 4.90 Å². The van der Waals surface area contributed by atoms with Crippen molar-refractivity contribution in [3.63, 3.8) is 0 Å². The fraction of sp³-hybridized carbons (Fsp3) is 0.333. The summed E-state index contributed by atoms with van der Waals surface area (Å²) in [4.78, 5) is 2.22. The van der Waals surface area contributed by atoms with Crippen molar-refractivity contribution in [2.75, 3.05) is 20.8 Å². The molecule has 0 spiro atoms. The SMILES string of the molecule is CCN(Cc1ccc(OC)c(OC)c1)Cc1ccc(F)cc1Cl. The molecule has 0 amide bonds. The summed E-state index contributed by atoms with van der Waals surface area (Å²) in [7, 11) is 3.24. The van der Waals surface area contributed by atoms with E-state index in [1.54, 1.807) is 20.3 Å². The summed E-state index contributed by atoms with van der Waals surface area (Å²) in [5.41, 5.74) is 2.03. The van der Waals surface area contributed by atoms with E-state index >= 15 is 0 Å². The lowest BCUT2D eigenvalue weighted by molar-refractivity contribution is 0.270. The van der Waals surface area contributed by atoms with Gasteiger partial charge in [0.05, 0.1) is 14.2 Å². The van der Waals surface area contributed by atoms with Gasteiger partial charge in [0.25, 0.3) is 0 Å². The second-order valence-corrected chi connectivity index (χ2v) is 5.64. The van der Waals surface area contributed by atoms with Crippen LogP contribution >= 0.6 is 11.6 Å². The maximum absolute atomic E-state index is 13.1. The molecule has 0 heterocycles. The minimum atomic E-state index is -0.318. The highest BCUT2D eigenvalue weighted by Crippen LogP contribution is 2.28. The van der Waals surface area contributed by atoms with E-state index in [1.165, 1.54) is 12.1 Å². The highest BCUT2D eigenvalue weighted by molar-refractivity contribution is 6.31. The van der Waals surface area contributed by atoms with Crippen LogP contribution in [0.5, 0.6) is 11.5 Å². The molecule has 2 rings (SSSR count). The van der Waals surface area contributed by atoms with Crippen LogP contribution in [0.2, 0.25) is 5.02 Å². The second kappa shape index (κ2) is 8.18. The van der Waals surface area contributed by atoms with Crippen LogP contribution in [-0.4, -0.2) is 25.7 Å². The molecule has 0 unspecified atom stereocenters. The summed E-state index contributed by atoms with van der Waals surface area (Å²) < 4.78 is 23.7. The number of hydrogen-bond donors (Lipinski definition) is 0. The van der Waals surface area contributed by atoms with Gasteiger partial charge in [-0.05, 0) is 41.9 Å². The van der Waals surface area contributed by atoms with Crippen LogP contribution in [0.25, 0.3) is 0 Å². The molecule has 23 heavy (non-hydrogen) atoms. The second-order valence-electron chi connectivity index (χ2n) is 5.23. The molecule has 0 saturated heterocycles. The molecule has 0 radical (unpaired) electrons. The van der Waals surface area contributed by atoms with Gasteiger partial charge in [-0.25, -0.2) is 4.39 Å². The summed E-state index contributed by atoms with van der Waals surface area (Å²) in [5, 5.41) is 0.454. The van der Waals surface area contributed by atoms with Crippen LogP contribution in [0.4, 0.5) is 4.39 Å². The van der Waals surface area contributed by atoms with E-state index in [1.807, 2.05) is 18.2 Å². The first-order valence-corrected chi connectivity index (χ1v) is 7.82. The van der Waals surface area contributed by atoms with Crippen LogP contribution in [-0.2, 0) is 13.1 Å². The number of halogens is 2. The van der Waals surface area contributed by atoms with E-state index < -0.39 is 0 Å². The molecule has 0 fully saturated rings. The average molecular weight is 338 g/mol. The van der Waals surface area contributed by atoms with Crippen molar-refractivity contribution in [2.45, 2.75) is 20.0 Å². The van der Waals surface area contributed by atoms with E-state index in [2.05, 4.69) is 11.8 Å². The zero-order valence-electron chi connectivity index (χ0n) is 13.6. The minimum Gasteiger partial charge on any atom is -0.493 e. The van der Waals surface area contributed by atoms with Crippen molar-refractivity contribution < 1.29 is 13.9 Å². The monoisotopic (exact) mass is 337 g/mol. The predicted molar refractivity (Wildman–Crippen MR) is 90.7 cm³/mol. The van der Waals surface area contributed by atoms with E-state index in [-0.39, 0.29) is 5.82 Å². The molecule has 3 nitrogen and oxygen atoms in total. The van der Waals surface area contributed by atoms with Crippen molar-refractivity contribution in [3.8, 4) is 11.5 Å². The Morgan fingerprint density at radius 1 is 1.00 bits per heavy atom. The molecule has 0 atom stereocenters. The Kier molecular flexibility index (Phi) is 6.25. The van der Waals surface area contributed by atoms with Crippen molar-refractivity contribution in [3.05, 3.63) is 58.4 Å². The van der Waals surface area contributed by atoms with Gasteiger partial charge < -0.3 is 9.47 Å². The van der Waals surface area contributed by atoms with Crippen molar-refractivity contribution >= 4 is 11.6 Å². The van der Waals surface area contributed by atoms with Crippen LogP contribution in [0, 0.1) is 5.82 Å². The van der Waals surface area contributed by atoms with Crippen molar-refractivity contribution in [1.29, 1.82) is 0 Å². The highest BCUT2D eigenvalue weighted by Gasteiger charge is 2.11. The molecular weight excluding hydrogens is 317 g/mol. The summed E-state index contributed by atoms with van der Waals surface area (Å²) in [6, 6.07) is 10.4. The lowest BCUT2D eigenvalue weighted by atomic mass is 10.1. The van der Waals surface area contributed by atoms with E-state index in [0.29, 0.717) is 23.1 Å². The number of methoxy groups -OCH3 is 2. The quantitative estimate of drug-likeness (QED) is 0.741. The highest BCUT2D eigenvalue weighted by atomic mass is 35.5. The van der Waals surface area contributed by atoms with Crippen LogP contribution in [0.15, 0.2) is 36.4 Å².